The lowest BCUT2D eigenvalue weighted by molar-refractivity contribution is -0.134. The van der Waals surface area contributed by atoms with Gasteiger partial charge in [0, 0.05) is 26.7 Å². The highest BCUT2D eigenvalue weighted by atomic mass is 16.2. The number of amides is 3. The minimum Gasteiger partial charge on any atom is -0.358 e. The number of rotatable bonds is 7. The standard InChI is InChI=1S/C18H24N4O3/c1-19-17(24)13-21-16(23)12-15-18(25)20-9-11-22(15)10-5-8-14-6-3-2-4-7-14/h2-8,15H,9-13H2,1H3,(H,19,24)(H,20,25)(H,21,23)/b8-5+/t15-/m0/s1. The van der Waals surface area contributed by atoms with Gasteiger partial charge in [-0.3, -0.25) is 19.3 Å². The van der Waals surface area contributed by atoms with Crippen molar-refractivity contribution in [2.75, 3.05) is 33.2 Å². The van der Waals surface area contributed by atoms with E-state index in [2.05, 4.69) is 16.0 Å². The summed E-state index contributed by atoms with van der Waals surface area (Å²) in [5.41, 5.74) is 1.09. The number of nitrogens with one attached hydrogen (secondary N) is 3. The molecule has 1 aromatic rings. The van der Waals surface area contributed by atoms with E-state index >= 15 is 0 Å². The molecule has 1 heterocycles. The zero-order chi connectivity index (χ0) is 18.1. The van der Waals surface area contributed by atoms with Gasteiger partial charge < -0.3 is 16.0 Å². The van der Waals surface area contributed by atoms with Gasteiger partial charge in [0.05, 0.1) is 19.0 Å². The van der Waals surface area contributed by atoms with Crippen molar-refractivity contribution >= 4 is 23.8 Å². The van der Waals surface area contributed by atoms with Crippen LogP contribution >= 0.6 is 0 Å². The molecule has 1 saturated heterocycles. The molecule has 1 aromatic carbocycles. The highest BCUT2D eigenvalue weighted by molar-refractivity contribution is 5.90. The summed E-state index contributed by atoms with van der Waals surface area (Å²) in [6.45, 7) is 1.74. The SMILES string of the molecule is CNC(=O)CNC(=O)C[C@H]1C(=O)NCCN1C/C=C/c1ccccc1. The number of piperazine rings is 1. The van der Waals surface area contributed by atoms with E-state index in [9.17, 15) is 14.4 Å². The van der Waals surface area contributed by atoms with Gasteiger partial charge >= 0.3 is 0 Å². The molecule has 0 bridgehead atoms. The van der Waals surface area contributed by atoms with Crippen LogP contribution in [0.5, 0.6) is 0 Å². The molecule has 3 amide bonds. The van der Waals surface area contributed by atoms with Gasteiger partial charge in [0.2, 0.25) is 17.7 Å². The number of carbonyl (C=O) groups excluding carboxylic acids is 3. The molecule has 7 nitrogen and oxygen atoms in total. The van der Waals surface area contributed by atoms with Crippen molar-refractivity contribution < 1.29 is 14.4 Å². The van der Waals surface area contributed by atoms with E-state index in [1.165, 1.54) is 7.05 Å². The molecular formula is C18H24N4O3. The van der Waals surface area contributed by atoms with Crippen LogP contribution in [0.25, 0.3) is 6.08 Å². The first-order chi connectivity index (χ1) is 12.1. The normalized spacial score (nSPS) is 18.0. The van der Waals surface area contributed by atoms with E-state index in [0.717, 1.165) is 5.56 Å². The van der Waals surface area contributed by atoms with Gasteiger partial charge in [0.25, 0.3) is 0 Å². The van der Waals surface area contributed by atoms with Crippen LogP contribution in [0.1, 0.15) is 12.0 Å². The number of likely N-dealkylation sites (N-methyl/N-ethyl adjacent to an activating group) is 1. The second-order valence-corrected chi connectivity index (χ2v) is 5.77. The lowest BCUT2D eigenvalue weighted by atomic mass is 10.1. The van der Waals surface area contributed by atoms with Gasteiger partial charge in [-0.2, -0.15) is 0 Å². The molecule has 0 spiro atoms. The second kappa shape index (κ2) is 9.58. The Morgan fingerprint density at radius 3 is 2.76 bits per heavy atom. The number of hydrogen-bond donors (Lipinski definition) is 3. The minimum atomic E-state index is -0.529. The Kier molecular flexibility index (Phi) is 7.16. The molecule has 1 fully saturated rings. The Morgan fingerprint density at radius 1 is 1.28 bits per heavy atom. The van der Waals surface area contributed by atoms with Crippen LogP contribution in [0.2, 0.25) is 0 Å². The van der Waals surface area contributed by atoms with Crippen LogP contribution in [0.4, 0.5) is 0 Å². The molecule has 2 rings (SSSR count). The molecule has 3 N–H and O–H groups in total. The highest BCUT2D eigenvalue weighted by Gasteiger charge is 2.30. The van der Waals surface area contributed by atoms with E-state index in [1.54, 1.807) is 0 Å². The molecule has 0 radical (unpaired) electrons. The third kappa shape index (κ3) is 6.04. The van der Waals surface area contributed by atoms with Crippen LogP contribution in [-0.2, 0) is 14.4 Å². The van der Waals surface area contributed by atoms with Crippen molar-refractivity contribution in [3.63, 3.8) is 0 Å². The van der Waals surface area contributed by atoms with Crippen LogP contribution in [0.15, 0.2) is 36.4 Å². The summed E-state index contributed by atoms with van der Waals surface area (Å²) in [6, 6.07) is 9.37. The van der Waals surface area contributed by atoms with Crippen molar-refractivity contribution in [2.24, 2.45) is 0 Å². The van der Waals surface area contributed by atoms with E-state index < -0.39 is 6.04 Å². The summed E-state index contributed by atoms with van der Waals surface area (Å²) in [5, 5.41) is 7.75. The monoisotopic (exact) mass is 344 g/mol. The Morgan fingerprint density at radius 2 is 2.04 bits per heavy atom. The fraction of sp³-hybridized carbons (Fsp3) is 0.389. The molecule has 7 heteroatoms. The third-order valence-corrected chi connectivity index (χ3v) is 4.00. The number of carbonyl (C=O) groups is 3. The van der Waals surface area contributed by atoms with Gasteiger partial charge in [-0.25, -0.2) is 0 Å². The molecule has 1 aliphatic heterocycles. The lowest BCUT2D eigenvalue weighted by Gasteiger charge is -2.33. The number of nitrogens with zero attached hydrogens (tertiary/aromatic N) is 1. The van der Waals surface area contributed by atoms with E-state index in [-0.39, 0.29) is 30.7 Å². The van der Waals surface area contributed by atoms with Gasteiger partial charge in [-0.05, 0) is 5.56 Å². The van der Waals surface area contributed by atoms with Crippen LogP contribution in [0, 0.1) is 0 Å². The maximum atomic E-state index is 12.1. The van der Waals surface area contributed by atoms with Crippen molar-refractivity contribution in [2.45, 2.75) is 12.5 Å². The van der Waals surface area contributed by atoms with Crippen molar-refractivity contribution in [3.05, 3.63) is 42.0 Å². The van der Waals surface area contributed by atoms with Crippen molar-refractivity contribution in [1.29, 1.82) is 0 Å². The molecule has 1 atom stereocenters. The average molecular weight is 344 g/mol. The fourth-order valence-electron chi connectivity index (χ4n) is 2.61. The predicted octanol–water partition coefficient (Wildman–Crippen LogP) is -0.247. The molecule has 0 aliphatic carbocycles. The third-order valence-electron chi connectivity index (χ3n) is 4.00. The van der Waals surface area contributed by atoms with Crippen LogP contribution < -0.4 is 16.0 Å². The number of benzene rings is 1. The zero-order valence-corrected chi connectivity index (χ0v) is 14.3. The van der Waals surface area contributed by atoms with Crippen molar-refractivity contribution in [3.8, 4) is 0 Å². The van der Waals surface area contributed by atoms with Crippen LogP contribution in [0.3, 0.4) is 0 Å². The minimum absolute atomic E-state index is 0.0298. The summed E-state index contributed by atoms with van der Waals surface area (Å²) >= 11 is 0. The Hall–Kier alpha value is -2.67. The quantitative estimate of drug-likeness (QED) is 0.636. The van der Waals surface area contributed by atoms with E-state index in [0.29, 0.717) is 19.6 Å². The molecule has 1 aliphatic rings. The highest BCUT2D eigenvalue weighted by Crippen LogP contribution is 2.10. The largest absolute Gasteiger partial charge is 0.358 e. The Balaban J connectivity index is 1.91. The Bertz CT molecular complexity index is 630. The first kappa shape index (κ1) is 18.7. The molecule has 0 saturated carbocycles. The molecule has 0 aromatic heterocycles. The number of hydrogen-bond acceptors (Lipinski definition) is 4. The molecule has 25 heavy (non-hydrogen) atoms. The fourth-order valence-corrected chi connectivity index (χ4v) is 2.61. The topological polar surface area (TPSA) is 90.5 Å². The molecular weight excluding hydrogens is 320 g/mol. The van der Waals surface area contributed by atoms with Gasteiger partial charge in [0.15, 0.2) is 0 Å². The summed E-state index contributed by atoms with van der Waals surface area (Å²) in [7, 11) is 1.50. The molecule has 134 valence electrons. The first-order valence-electron chi connectivity index (χ1n) is 8.31. The first-order valence-corrected chi connectivity index (χ1v) is 8.31. The lowest BCUT2D eigenvalue weighted by Crippen LogP contribution is -2.56. The smallest absolute Gasteiger partial charge is 0.239 e. The maximum absolute atomic E-state index is 12.1. The summed E-state index contributed by atoms with van der Waals surface area (Å²) < 4.78 is 0. The van der Waals surface area contributed by atoms with Gasteiger partial charge in [-0.15, -0.1) is 0 Å². The summed E-state index contributed by atoms with van der Waals surface area (Å²) in [6.07, 6.45) is 4.01. The average Bonchev–Trinajstić information content (AvgIpc) is 2.63. The van der Waals surface area contributed by atoms with E-state index in [1.807, 2.05) is 47.4 Å². The van der Waals surface area contributed by atoms with Crippen LogP contribution in [-0.4, -0.2) is 61.9 Å². The van der Waals surface area contributed by atoms with Gasteiger partial charge in [0.1, 0.15) is 0 Å². The summed E-state index contributed by atoms with van der Waals surface area (Å²) in [4.78, 5) is 37.3. The van der Waals surface area contributed by atoms with Crippen molar-refractivity contribution in [1.82, 2.24) is 20.9 Å². The predicted molar refractivity (Wildman–Crippen MR) is 95.5 cm³/mol. The maximum Gasteiger partial charge on any atom is 0.239 e. The van der Waals surface area contributed by atoms with E-state index in [4.69, 9.17) is 0 Å². The second-order valence-electron chi connectivity index (χ2n) is 5.77. The van der Waals surface area contributed by atoms with Gasteiger partial charge in [-0.1, -0.05) is 42.5 Å². The zero-order valence-electron chi connectivity index (χ0n) is 14.3. The Labute approximate surface area is 147 Å². The molecule has 0 unspecified atom stereocenters. The summed E-state index contributed by atoms with van der Waals surface area (Å²) in [5.74, 6) is -0.749.